The van der Waals surface area contributed by atoms with E-state index in [4.69, 9.17) is 32.7 Å². The number of carbonyl (C=O) groups excluding carboxylic acids is 1. The Hall–Kier alpha value is -4.35. The van der Waals surface area contributed by atoms with E-state index in [2.05, 4.69) is 30.8 Å². The molecule has 346 valence electrons. The standard InChI is InChI=1S/C23H30ClFN4O3.C23H28ClFN4O3/c2*1-14-18(8-9-20(25)28-14)22(30)16-4-6-17(7-5-16)29-23(31)21(24)19(12-27-29)26-11-15-3-2-10-32-13-15/h8-9,12,15-17,22,26,30H,2-7,10-11,13H2,1H3;8-9,12,15-17,26H,2-7,10-11,13H2,1H3/t15?,16-,17-,22?;15?,16-,17-. The molecule has 2 aliphatic heterocycles. The Kier molecular flexibility index (Phi) is 16.5. The highest BCUT2D eigenvalue weighted by Gasteiger charge is 2.32. The van der Waals surface area contributed by atoms with Crippen LogP contribution < -0.4 is 21.8 Å². The predicted octanol–water partition coefficient (Wildman–Crippen LogP) is 8.23. The molecular formula is C46H58Cl2F2N8O6. The van der Waals surface area contributed by atoms with E-state index >= 15 is 0 Å². The van der Waals surface area contributed by atoms with Crippen molar-refractivity contribution in [1.82, 2.24) is 29.5 Å². The summed E-state index contributed by atoms with van der Waals surface area (Å²) in [6.45, 7) is 7.79. The summed E-state index contributed by atoms with van der Waals surface area (Å²) in [5.74, 6) is -0.481. The first-order chi connectivity index (χ1) is 30.9. The van der Waals surface area contributed by atoms with Gasteiger partial charge in [-0.3, -0.25) is 14.4 Å². The number of hydrogen-bond acceptors (Lipinski definition) is 12. The molecule has 2 aliphatic carbocycles. The number of halogens is 4. The van der Waals surface area contributed by atoms with Crippen molar-refractivity contribution in [1.29, 1.82) is 0 Å². The SMILES string of the molecule is Cc1nc(F)ccc1C(=O)[C@H]1CC[C@H](n2ncc(NCC3CCCOC3)c(Cl)c2=O)CC1.Cc1nc(F)ccc1C(O)[C@H]1CC[C@H](n2ncc(NCC3CCCOC3)c(Cl)c2=O)CC1. The lowest BCUT2D eigenvalue weighted by atomic mass is 9.80. The maximum Gasteiger partial charge on any atom is 0.287 e. The molecule has 2 saturated carbocycles. The van der Waals surface area contributed by atoms with E-state index < -0.39 is 18.0 Å². The van der Waals surface area contributed by atoms with Gasteiger partial charge in [0.15, 0.2) is 5.78 Å². The van der Waals surface area contributed by atoms with Crippen molar-refractivity contribution in [2.24, 2.45) is 23.7 Å². The summed E-state index contributed by atoms with van der Waals surface area (Å²) in [5.41, 5.74) is 2.53. The number of aliphatic hydroxyl groups is 1. The van der Waals surface area contributed by atoms with Gasteiger partial charge in [-0.15, -0.1) is 0 Å². The smallest absolute Gasteiger partial charge is 0.287 e. The van der Waals surface area contributed by atoms with Crippen molar-refractivity contribution in [3.05, 3.63) is 102 Å². The van der Waals surface area contributed by atoms with Crippen LogP contribution in [0.5, 0.6) is 0 Å². The molecular weight excluding hydrogens is 869 g/mol. The van der Waals surface area contributed by atoms with Gasteiger partial charge in [-0.05, 0) is 127 Å². The first-order valence-corrected chi connectivity index (χ1v) is 23.3. The van der Waals surface area contributed by atoms with Crippen LogP contribution >= 0.6 is 23.2 Å². The molecule has 18 heteroatoms. The molecule has 3 atom stereocenters. The van der Waals surface area contributed by atoms with E-state index in [0.29, 0.717) is 104 Å². The largest absolute Gasteiger partial charge is 0.388 e. The van der Waals surface area contributed by atoms with Gasteiger partial charge in [0.2, 0.25) is 11.9 Å². The Bertz CT molecular complexity index is 2340. The van der Waals surface area contributed by atoms with Crippen molar-refractivity contribution in [2.75, 3.05) is 50.2 Å². The van der Waals surface area contributed by atoms with Crippen LogP contribution in [0.3, 0.4) is 0 Å². The number of aromatic nitrogens is 6. The number of rotatable bonds is 12. The highest BCUT2D eigenvalue weighted by Crippen LogP contribution is 2.39. The number of hydrogen-bond donors (Lipinski definition) is 3. The maximum absolute atomic E-state index is 13.3. The number of Topliss-reactive ketones (excluding diaryl/α,β-unsaturated/α-hetero) is 1. The van der Waals surface area contributed by atoms with Crippen LogP contribution in [0.2, 0.25) is 10.0 Å². The molecule has 2 saturated heterocycles. The van der Waals surface area contributed by atoms with Crippen LogP contribution in [0.15, 0.2) is 46.2 Å². The van der Waals surface area contributed by atoms with E-state index in [1.165, 1.54) is 27.6 Å². The third kappa shape index (κ3) is 11.7. The molecule has 0 bridgehead atoms. The number of ether oxygens (including phenoxy) is 2. The number of pyridine rings is 2. The normalized spacial score (nSPS) is 24.2. The molecule has 4 fully saturated rings. The zero-order valence-electron chi connectivity index (χ0n) is 36.4. The summed E-state index contributed by atoms with van der Waals surface area (Å²) in [6, 6.07) is 5.44. The molecule has 3 unspecified atom stereocenters. The molecule has 4 aliphatic rings. The van der Waals surface area contributed by atoms with Crippen LogP contribution in [0, 0.1) is 49.4 Å². The topological polar surface area (TPSA) is 175 Å². The third-order valence-corrected chi connectivity index (χ3v) is 14.0. The molecule has 0 aromatic carbocycles. The van der Waals surface area contributed by atoms with Crippen molar-refractivity contribution < 1.29 is 28.2 Å². The zero-order valence-corrected chi connectivity index (χ0v) is 37.9. The molecule has 0 spiro atoms. The molecule has 0 radical (unpaired) electrons. The minimum Gasteiger partial charge on any atom is -0.388 e. The monoisotopic (exact) mass is 926 g/mol. The molecule has 6 heterocycles. The van der Waals surface area contributed by atoms with E-state index in [1.54, 1.807) is 32.3 Å². The number of carbonyl (C=O) groups is 1. The Balaban J connectivity index is 0.000000191. The fourth-order valence-corrected chi connectivity index (χ4v) is 9.87. The predicted molar refractivity (Wildman–Crippen MR) is 240 cm³/mol. The third-order valence-electron chi connectivity index (χ3n) is 13.2. The number of nitrogens with one attached hydrogen (secondary N) is 2. The average molecular weight is 928 g/mol. The molecule has 8 rings (SSSR count). The van der Waals surface area contributed by atoms with Gasteiger partial charge in [0.1, 0.15) is 10.0 Å². The van der Waals surface area contributed by atoms with Crippen LogP contribution in [0.25, 0.3) is 0 Å². The number of ketones is 1. The Morgan fingerprint density at radius 1 is 0.734 bits per heavy atom. The van der Waals surface area contributed by atoms with Gasteiger partial charge in [-0.25, -0.2) is 19.3 Å². The van der Waals surface area contributed by atoms with Crippen molar-refractivity contribution >= 4 is 40.4 Å². The number of aryl methyl sites for hydroxylation is 2. The highest BCUT2D eigenvalue weighted by molar-refractivity contribution is 6.33. The van der Waals surface area contributed by atoms with E-state index in [-0.39, 0.29) is 50.9 Å². The second kappa shape index (κ2) is 22.2. The van der Waals surface area contributed by atoms with Gasteiger partial charge >= 0.3 is 0 Å². The summed E-state index contributed by atoms with van der Waals surface area (Å²) in [6.07, 6.45) is 12.3. The van der Waals surface area contributed by atoms with Crippen LogP contribution in [0.4, 0.5) is 20.2 Å². The van der Waals surface area contributed by atoms with Crippen LogP contribution in [0.1, 0.15) is 123 Å². The number of aliphatic hydroxyl groups excluding tert-OH is 1. The molecule has 14 nitrogen and oxygen atoms in total. The van der Waals surface area contributed by atoms with Crippen molar-refractivity contribution in [3.8, 4) is 0 Å². The van der Waals surface area contributed by atoms with Crippen molar-refractivity contribution in [3.63, 3.8) is 0 Å². The fourth-order valence-electron chi connectivity index (χ4n) is 9.46. The van der Waals surface area contributed by atoms with Gasteiger partial charge in [-0.1, -0.05) is 29.3 Å². The van der Waals surface area contributed by atoms with Gasteiger partial charge in [-0.2, -0.15) is 19.0 Å². The lowest BCUT2D eigenvalue weighted by Crippen LogP contribution is -2.32. The Morgan fingerprint density at radius 2 is 1.22 bits per heavy atom. The number of nitrogens with zero attached hydrogens (tertiary/aromatic N) is 6. The number of anilines is 2. The minimum atomic E-state index is -0.701. The van der Waals surface area contributed by atoms with Gasteiger partial charge < -0.3 is 25.2 Å². The minimum absolute atomic E-state index is 0.0157. The van der Waals surface area contributed by atoms with Crippen LogP contribution in [-0.2, 0) is 9.47 Å². The Morgan fingerprint density at radius 3 is 1.69 bits per heavy atom. The zero-order chi connectivity index (χ0) is 45.3. The lowest BCUT2D eigenvalue weighted by Gasteiger charge is -2.32. The first kappa shape index (κ1) is 47.6. The average Bonchev–Trinajstić information content (AvgIpc) is 3.31. The Labute approximate surface area is 381 Å². The van der Waals surface area contributed by atoms with Gasteiger partial charge in [0, 0.05) is 49.0 Å². The second-order valence-electron chi connectivity index (χ2n) is 17.6. The van der Waals surface area contributed by atoms with Crippen LogP contribution in [-0.4, -0.2) is 79.9 Å². The van der Waals surface area contributed by atoms with Crippen molar-refractivity contribution in [2.45, 2.75) is 109 Å². The molecule has 3 N–H and O–H groups in total. The van der Waals surface area contributed by atoms with E-state index in [1.807, 2.05) is 0 Å². The lowest BCUT2D eigenvalue weighted by molar-refractivity contribution is 0.0594. The highest BCUT2D eigenvalue weighted by atomic mass is 35.5. The maximum atomic E-state index is 13.3. The second-order valence-corrected chi connectivity index (χ2v) is 18.4. The molecule has 64 heavy (non-hydrogen) atoms. The van der Waals surface area contributed by atoms with E-state index in [0.717, 1.165) is 58.3 Å². The summed E-state index contributed by atoms with van der Waals surface area (Å²) >= 11 is 12.7. The molecule has 4 aromatic rings. The quantitative estimate of drug-likeness (QED) is 0.0919. The first-order valence-electron chi connectivity index (χ1n) is 22.5. The summed E-state index contributed by atoms with van der Waals surface area (Å²) < 4.78 is 40.4. The molecule has 4 aromatic heterocycles. The van der Waals surface area contributed by atoms with E-state index in [9.17, 15) is 28.3 Å². The fraction of sp³-hybridized carbons (Fsp3) is 0.587. The summed E-state index contributed by atoms with van der Waals surface area (Å²) in [7, 11) is 0. The summed E-state index contributed by atoms with van der Waals surface area (Å²) in [5, 5.41) is 26.3. The summed E-state index contributed by atoms with van der Waals surface area (Å²) in [4.78, 5) is 46.1. The van der Waals surface area contributed by atoms with Gasteiger partial charge in [0.05, 0.1) is 60.9 Å². The molecule has 0 amide bonds. The van der Waals surface area contributed by atoms with Gasteiger partial charge in [0.25, 0.3) is 11.1 Å².